The average Bonchev–Trinajstić information content (AvgIpc) is 1.82. The summed E-state index contributed by atoms with van der Waals surface area (Å²) in [5.74, 6) is -0.818. The summed E-state index contributed by atoms with van der Waals surface area (Å²) in [5.41, 5.74) is 5.28. The molecule has 0 saturated carbocycles. The molecule has 1 aromatic rings. The highest BCUT2D eigenvalue weighted by Crippen LogP contribution is 2.11. The molecule has 0 unspecified atom stereocenters. The summed E-state index contributed by atoms with van der Waals surface area (Å²) in [6.07, 6.45) is 0. The van der Waals surface area contributed by atoms with Crippen LogP contribution in [0.5, 0.6) is 0 Å². The lowest BCUT2D eigenvalue weighted by molar-refractivity contribution is 0.608. The molecule has 0 aliphatic rings. The molecule has 0 amide bonds. The number of hydrogen-bond donors (Lipinski definition) is 1. The molecule has 54 valence electrons. The van der Waals surface area contributed by atoms with Gasteiger partial charge in [0.05, 0.1) is 5.69 Å². The van der Waals surface area contributed by atoms with E-state index in [-0.39, 0.29) is 16.8 Å². The third-order valence-electron chi connectivity index (χ3n) is 1.02. The number of nitrogens with two attached hydrogens (primary N) is 1. The Kier molecular flexibility index (Phi) is 1.72. The third-order valence-corrected chi connectivity index (χ3v) is 1.18. The largest absolute Gasteiger partial charge is 0.381 e. The van der Waals surface area contributed by atoms with Crippen LogP contribution < -0.4 is 5.73 Å². The maximum Gasteiger partial charge on any atom is 0.224 e. The van der Waals surface area contributed by atoms with Crippen molar-refractivity contribution < 1.29 is 4.39 Å². The molecule has 10 heavy (non-hydrogen) atoms. The van der Waals surface area contributed by atoms with Crippen molar-refractivity contribution in [3.05, 3.63) is 16.8 Å². The van der Waals surface area contributed by atoms with Crippen LogP contribution in [0.4, 0.5) is 10.2 Å². The Bertz CT molecular complexity index is 240. The lowest BCUT2D eigenvalue weighted by Gasteiger charge is -1.97. The summed E-state index contributed by atoms with van der Waals surface area (Å²) in [4.78, 5) is 6.92. The normalized spacial score (nSPS) is 9.90. The molecule has 0 bridgehead atoms. The summed E-state index contributed by atoms with van der Waals surface area (Å²) in [5, 5.41) is -0.0311. The Labute approximate surface area is 62.0 Å². The number of hydrogen-bond acceptors (Lipinski definition) is 3. The van der Waals surface area contributed by atoms with Crippen molar-refractivity contribution in [2.75, 3.05) is 5.73 Å². The number of anilines is 1. The van der Waals surface area contributed by atoms with Gasteiger partial charge in [-0.05, 0) is 18.5 Å². The highest BCUT2D eigenvalue weighted by Gasteiger charge is 2.05. The smallest absolute Gasteiger partial charge is 0.224 e. The fourth-order valence-electron chi connectivity index (χ4n) is 0.546. The SMILES string of the molecule is Cc1nc(Cl)nc(N)c1F. The minimum Gasteiger partial charge on any atom is -0.381 e. The first-order chi connectivity index (χ1) is 4.61. The molecule has 1 rings (SSSR count). The summed E-state index contributed by atoms with van der Waals surface area (Å²) in [7, 11) is 0. The molecule has 0 aliphatic carbocycles. The van der Waals surface area contributed by atoms with Gasteiger partial charge in [0.15, 0.2) is 11.6 Å². The Balaban J connectivity index is 3.31. The second-order valence-corrected chi connectivity index (χ2v) is 2.12. The Morgan fingerprint density at radius 3 is 2.60 bits per heavy atom. The van der Waals surface area contributed by atoms with Crippen molar-refractivity contribution in [1.82, 2.24) is 9.97 Å². The van der Waals surface area contributed by atoms with E-state index < -0.39 is 5.82 Å². The number of aryl methyl sites for hydroxylation is 1. The number of aromatic nitrogens is 2. The van der Waals surface area contributed by atoms with Crippen LogP contribution in [0.2, 0.25) is 5.28 Å². The van der Waals surface area contributed by atoms with E-state index >= 15 is 0 Å². The van der Waals surface area contributed by atoms with Gasteiger partial charge in [-0.15, -0.1) is 0 Å². The van der Waals surface area contributed by atoms with Crippen LogP contribution in [0.1, 0.15) is 5.69 Å². The molecule has 0 atom stereocenters. The molecular weight excluding hydrogens is 157 g/mol. The molecule has 1 aromatic heterocycles. The molecule has 0 spiro atoms. The van der Waals surface area contributed by atoms with E-state index in [1.54, 1.807) is 0 Å². The fourth-order valence-corrected chi connectivity index (χ4v) is 0.764. The monoisotopic (exact) mass is 161 g/mol. The summed E-state index contributed by atoms with van der Waals surface area (Å²) in [6.45, 7) is 1.47. The zero-order valence-electron chi connectivity index (χ0n) is 5.23. The van der Waals surface area contributed by atoms with Gasteiger partial charge in [0.1, 0.15) is 0 Å². The molecule has 0 radical (unpaired) electrons. The Morgan fingerprint density at radius 1 is 1.50 bits per heavy atom. The van der Waals surface area contributed by atoms with Gasteiger partial charge in [-0.3, -0.25) is 0 Å². The zero-order valence-corrected chi connectivity index (χ0v) is 5.98. The van der Waals surface area contributed by atoms with Gasteiger partial charge in [0.2, 0.25) is 5.28 Å². The maximum absolute atomic E-state index is 12.6. The van der Waals surface area contributed by atoms with Crippen LogP contribution in [0.25, 0.3) is 0 Å². The van der Waals surface area contributed by atoms with Crippen LogP contribution in [0, 0.1) is 12.7 Å². The van der Waals surface area contributed by atoms with E-state index in [2.05, 4.69) is 9.97 Å². The first-order valence-electron chi connectivity index (χ1n) is 2.56. The third kappa shape index (κ3) is 1.16. The lowest BCUT2D eigenvalue weighted by Crippen LogP contribution is -2.00. The molecule has 3 nitrogen and oxygen atoms in total. The van der Waals surface area contributed by atoms with Crippen molar-refractivity contribution in [2.24, 2.45) is 0 Å². The molecule has 0 fully saturated rings. The van der Waals surface area contributed by atoms with Gasteiger partial charge in [-0.2, -0.15) is 4.98 Å². The van der Waals surface area contributed by atoms with Gasteiger partial charge < -0.3 is 5.73 Å². The highest BCUT2D eigenvalue weighted by molar-refractivity contribution is 6.28. The molecule has 1 heterocycles. The molecule has 0 aromatic carbocycles. The molecule has 0 aliphatic heterocycles. The second-order valence-electron chi connectivity index (χ2n) is 1.78. The molecule has 2 N–H and O–H groups in total. The zero-order chi connectivity index (χ0) is 7.72. The van der Waals surface area contributed by atoms with Crippen molar-refractivity contribution in [3.8, 4) is 0 Å². The number of rotatable bonds is 0. The Hall–Kier alpha value is -0.900. The standard InChI is InChI=1S/C5H5ClFN3/c1-2-3(7)4(8)10-5(6)9-2/h1H3,(H2,8,9,10). The summed E-state index contributed by atoms with van der Waals surface area (Å²) >= 11 is 5.35. The maximum atomic E-state index is 12.6. The van der Waals surface area contributed by atoms with Crippen LogP contribution in [0.15, 0.2) is 0 Å². The van der Waals surface area contributed by atoms with E-state index in [1.807, 2.05) is 0 Å². The summed E-state index contributed by atoms with van der Waals surface area (Å²) < 4.78 is 12.6. The van der Waals surface area contributed by atoms with Crippen molar-refractivity contribution >= 4 is 17.4 Å². The van der Waals surface area contributed by atoms with Crippen LogP contribution >= 0.6 is 11.6 Å². The van der Waals surface area contributed by atoms with E-state index in [0.29, 0.717) is 0 Å². The number of nitrogens with zero attached hydrogens (tertiary/aromatic N) is 2. The molecule has 0 saturated heterocycles. The topological polar surface area (TPSA) is 51.8 Å². The van der Waals surface area contributed by atoms with Gasteiger partial charge in [0, 0.05) is 0 Å². The van der Waals surface area contributed by atoms with E-state index in [0.717, 1.165) is 0 Å². The predicted molar refractivity (Wildman–Crippen MR) is 36.1 cm³/mol. The fraction of sp³-hybridized carbons (Fsp3) is 0.200. The van der Waals surface area contributed by atoms with Gasteiger partial charge in [-0.1, -0.05) is 0 Å². The van der Waals surface area contributed by atoms with Crippen molar-refractivity contribution in [2.45, 2.75) is 6.92 Å². The quantitative estimate of drug-likeness (QED) is 0.581. The van der Waals surface area contributed by atoms with Gasteiger partial charge in [-0.25, -0.2) is 9.37 Å². The van der Waals surface area contributed by atoms with Crippen LogP contribution in [-0.2, 0) is 0 Å². The predicted octanol–water partition coefficient (Wildman–Crippen LogP) is 1.16. The molecule has 5 heteroatoms. The van der Waals surface area contributed by atoms with Crippen LogP contribution in [0.3, 0.4) is 0 Å². The number of halogens is 2. The highest BCUT2D eigenvalue weighted by atomic mass is 35.5. The first-order valence-corrected chi connectivity index (χ1v) is 2.94. The van der Waals surface area contributed by atoms with E-state index in [4.69, 9.17) is 17.3 Å². The minimum absolute atomic E-state index is 0.0311. The minimum atomic E-state index is -0.607. The van der Waals surface area contributed by atoms with Crippen LogP contribution in [-0.4, -0.2) is 9.97 Å². The average molecular weight is 162 g/mol. The van der Waals surface area contributed by atoms with Gasteiger partial charge >= 0.3 is 0 Å². The van der Waals surface area contributed by atoms with Crippen molar-refractivity contribution in [3.63, 3.8) is 0 Å². The molecular formula is C5H5ClFN3. The van der Waals surface area contributed by atoms with Crippen molar-refractivity contribution in [1.29, 1.82) is 0 Å². The van der Waals surface area contributed by atoms with Gasteiger partial charge in [0.25, 0.3) is 0 Å². The first kappa shape index (κ1) is 7.21. The van der Waals surface area contributed by atoms with E-state index in [1.165, 1.54) is 6.92 Å². The lowest BCUT2D eigenvalue weighted by atomic mass is 10.4. The second kappa shape index (κ2) is 2.38. The number of nitrogen functional groups attached to an aromatic ring is 1. The Morgan fingerprint density at radius 2 is 2.10 bits per heavy atom. The van der Waals surface area contributed by atoms with E-state index in [9.17, 15) is 4.39 Å². The summed E-state index contributed by atoms with van der Waals surface area (Å²) in [6, 6.07) is 0.